The van der Waals surface area contributed by atoms with Gasteiger partial charge in [-0.2, -0.15) is 0 Å². The molecular weight excluding hydrogens is 252 g/mol. The number of carbonyl (C=O) groups excluding carboxylic acids is 3. The average Bonchev–Trinajstić information content (AvgIpc) is 2.28. The molecule has 108 valence electrons. The maximum atomic E-state index is 11.1. The van der Waals surface area contributed by atoms with Gasteiger partial charge in [0.25, 0.3) is 0 Å². The highest BCUT2D eigenvalue weighted by Crippen LogP contribution is 2.14. The summed E-state index contributed by atoms with van der Waals surface area (Å²) in [7, 11) is 0. The third kappa shape index (κ3) is 5.69. The lowest BCUT2D eigenvalue weighted by Crippen LogP contribution is -2.58. The van der Waals surface area contributed by atoms with Crippen LogP contribution in [0.3, 0.4) is 0 Å². The molecule has 1 rings (SSSR count). The highest BCUT2D eigenvalue weighted by molar-refractivity contribution is 5.73. The van der Waals surface area contributed by atoms with Crippen molar-refractivity contribution in [2.45, 2.75) is 45.4 Å². The minimum absolute atomic E-state index is 0.0849. The van der Waals surface area contributed by atoms with Gasteiger partial charge >= 0.3 is 11.9 Å². The first-order valence-corrected chi connectivity index (χ1v) is 6.19. The van der Waals surface area contributed by atoms with Crippen molar-refractivity contribution >= 4 is 17.8 Å². The summed E-state index contributed by atoms with van der Waals surface area (Å²) in [6.45, 7) is 4.76. The summed E-state index contributed by atoms with van der Waals surface area (Å²) in [5, 5.41) is 5.89. The fourth-order valence-electron chi connectivity index (χ4n) is 2.05. The Bertz CT molecular complexity index is 358. The van der Waals surface area contributed by atoms with Crippen molar-refractivity contribution in [3.63, 3.8) is 0 Å². The van der Waals surface area contributed by atoms with Crippen LogP contribution in [0.25, 0.3) is 0 Å². The molecule has 0 aliphatic carbocycles. The van der Waals surface area contributed by atoms with E-state index >= 15 is 0 Å². The molecule has 1 heterocycles. The molecule has 1 aliphatic heterocycles. The van der Waals surface area contributed by atoms with Crippen LogP contribution in [-0.4, -0.2) is 49.2 Å². The van der Waals surface area contributed by atoms with Crippen LogP contribution in [0.5, 0.6) is 0 Å². The summed E-state index contributed by atoms with van der Waals surface area (Å²) in [6.07, 6.45) is 0.0702. The zero-order valence-corrected chi connectivity index (χ0v) is 11.4. The molecular formula is C12H20N2O5. The first-order valence-electron chi connectivity index (χ1n) is 6.19. The van der Waals surface area contributed by atoms with Crippen LogP contribution in [0.2, 0.25) is 0 Å². The number of amides is 1. The van der Waals surface area contributed by atoms with Gasteiger partial charge in [0.05, 0.1) is 6.04 Å². The number of carbonyl (C=O) groups is 3. The summed E-state index contributed by atoms with van der Waals surface area (Å²) in [6, 6.07) is -0.353. The molecule has 0 spiro atoms. The van der Waals surface area contributed by atoms with Crippen LogP contribution < -0.4 is 10.6 Å². The van der Waals surface area contributed by atoms with Crippen molar-refractivity contribution in [1.29, 1.82) is 0 Å². The van der Waals surface area contributed by atoms with Gasteiger partial charge in [0.2, 0.25) is 5.91 Å². The Labute approximate surface area is 112 Å². The molecule has 1 aliphatic rings. The first-order chi connectivity index (χ1) is 8.88. The van der Waals surface area contributed by atoms with Gasteiger partial charge in [0.1, 0.15) is 12.7 Å². The molecule has 1 saturated heterocycles. The lowest BCUT2D eigenvalue weighted by atomic mass is 9.97. The number of piperidine rings is 1. The molecule has 2 N–H and O–H groups in total. The molecule has 3 atom stereocenters. The van der Waals surface area contributed by atoms with E-state index in [-0.39, 0.29) is 30.6 Å². The molecule has 0 aromatic rings. The Morgan fingerprint density at radius 2 is 1.89 bits per heavy atom. The Hall–Kier alpha value is -1.63. The number of rotatable bonds is 4. The number of esters is 2. The Morgan fingerprint density at radius 1 is 1.21 bits per heavy atom. The van der Waals surface area contributed by atoms with Gasteiger partial charge < -0.3 is 20.1 Å². The van der Waals surface area contributed by atoms with E-state index < -0.39 is 12.1 Å². The van der Waals surface area contributed by atoms with E-state index in [2.05, 4.69) is 10.6 Å². The number of hydrogen-bond donors (Lipinski definition) is 2. The lowest BCUT2D eigenvalue weighted by molar-refractivity contribution is -0.152. The second kappa shape index (κ2) is 7.08. The molecule has 1 fully saturated rings. The van der Waals surface area contributed by atoms with Gasteiger partial charge in [0.15, 0.2) is 0 Å². The van der Waals surface area contributed by atoms with Crippen LogP contribution in [0.15, 0.2) is 0 Å². The predicted molar refractivity (Wildman–Crippen MR) is 66.2 cm³/mol. The largest absolute Gasteiger partial charge is 0.464 e. The van der Waals surface area contributed by atoms with Crippen molar-refractivity contribution in [2.24, 2.45) is 0 Å². The van der Waals surface area contributed by atoms with Gasteiger partial charge in [0, 0.05) is 39.8 Å². The fourth-order valence-corrected chi connectivity index (χ4v) is 2.05. The average molecular weight is 272 g/mol. The summed E-state index contributed by atoms with van der Waals surface area (Å²) >= 11 is 0. The highest BCUT2D eigenvalue weighted by Gasteiger charge is 2.33. The normalized spacial score (nSPS) is 26.4. The number of nitrogens with one attached hydrogen (secondary N) is 2. The first kappa shape index (κ1) is 15.4. The molecule has 1 amide bonds. The topological polar surface area (TPSA) is 93.7 Å². The third-order valence-corrected chi connectivity index (χ3v) is 2.79. The van der Waals surface area contributed by atoms with Gasteiger partial charge in [-0.15, -0.1) is 0 Å². The van der Waals surface area contributed by atoms with E-state index in [1.54, 1.807) is 0 Å². The molecule has 0 bridgehead atoms. The standard InChI is InChI=1S/C12H20N2O5/c1-7(15)14-11-5-13-10(6-18-8(2)16)4-12(11)19-9(3)17/h10-13H,4-6H2,1-3H3,(H,14,15)/t10-,11+,12-/m0/s1. The zero-order valence-electron chi connectivity index (χ0n) is 11.4. The van der Waals surface area contributed by atoms with Crippen molar-refractivity contribution in [3.8, 4) is 0 Å². The van der Waals surface area contributed by atoms with E-state index in [0.29, 0.717) is 13.0 Å². The van der Waals surface area contributed by atoms with Crippen LogP contribution in [0.4, 0.5) is 0 Å². The van der Waals surface area contributed by atoms with Crippen molar-refractivity contribution in [3.05, 3.63) is 0 Å². The molecule has 19 heavy (non-hydrogen) atoms. The zero-order chi connectivity index (χ0) is 14.4. The van der Waals surface area contributed by atoms with Gasteiger partial charge in [-0.25, -0.2) is 0 Å². The third-order valence-electron chi connectivity index (χ3n) is 2.79. The summed E-state index contributed by atoms with van der Waals surface area (Å²) < 4.78 is 10.1. The molecule has 0 aromatic carbocycles. The second-order valence-corrected chi connectivity index (χ2v) is 4.60. The van der Waals surface area contributed by atoms with E-state index in [9.17, 15) is 14.4 Å². The van der Waals surface area contributed by atoms with Crippen molar-refractivity contribution in [1.82, 2.24) is 10.6 Å². The predicted octanol–water partition coefficient (Wildman–Crippen LogP) is -0.652. The molecule has 7 heteroatoms. The minimum atomic E-state index is -0.414. The minimum Gasteiger partial charge on any atom is -0.464 e. The smallest absolute Gasteiger partial charge is 0.302 e. The van der Waals surface area contributed by atoms with Crippen LogP contribution in [0, 0.1) is 0 Å². The number of ether oxygens (including phenoxy) is 2. The van der Waals surface area contributed by atoms with Crippen molar-refractivity contribution < 1.29 is 23.9 Å². The Kier molecular flexibility index (Phi) is 5.75. The van der Waals surface area contributed by atoms with E-state index in [4.69, 9.17) is 9.47 Å². The van der Waals surface area contributed by atoms with Crippen LogP contribution in [0.1, 0.15) is 27.2 Å². The molecule has 0 unspecified atom stereocenters. The van der Waals surface area contributed by atoms with Crippen LogP contribution >= 0.6 is 0 Å². The molecule has 0 radical (unpaired) electrons. The molecule has 0 saturated carbocycles. The van der Waals surface area contributed by atoms with E-state index in [1.807, 2.05) is 0 Å². The maximum Gasteiger partial charge on any atom is 0.302 e. The van der Waals surface area contributed by atoms with Crippen molar-refractivity contribution in [2.75, 3.05) is 13.2 Å². The maximum absolute atomic E-state index is 11.1. The second-order valence-electron chi connectivity index (χ2n) is 4.60. The summed E-state index contributed by atoms with van der Waals surface area (Å²) in [5.74, 6) is -0.925. The monoisotopic (exact) mass is 272 g/mol. The van der Waals surface area contributed by atoms with Gasteiger partial charge in [-0.05, 0) is 0 Å². The molecule has 0 aromatic heterocycles. The lowest BCUT2D eigenvalue weighted by Gasteiger charge is -2.36. The highest BCUT2D eigenvalue weighted by atomic mass is 16.5. The van der Waals surface area contributed by atoms with E-state index in [1.165, 1.54) is 20.8 Å². The Morgan fingerprint density at radius 3 is 2.42 bits per heavy atom. The summed E-state index contributed by atoms with van der Waals surface area (Å²) in [4.78, 5) is 32.9. The van der Waals surface area contributed by atoms with Gasteiger partial charge in [-0.1, -0.05) is 0 Å². The van der Waals surface area contributed by atoms with Crippen LogP contribution in [-0.2, 0) is 23.9 Å². The van der Waals surface area contributed by atoms with Gasteiger partial charge in [-0.3, -0.25) is 14.4 Å². The van der Waals surface area contributed by atoms with E-state index in [0.717, 1.165) is 0 Å². The fraction of sp³-hybridized carbons (Fsp3) is 0.750. The number of hydrogen-bond acceptors (Lipinski definition) is 6. The molecule has 7 nitrogen and oxygen atoms in total. The SMILES string of the molecule is CC(=O)N[C@@H]1CN[C@H](COC(C)=O)C[C@@H]1OC(C)=O. The summed E-state index contributed by atoms with van der Waals surface area (Å²) in [5.41, 5.74) is 0. The quantitative estimate of drug-likeness (QED) is 0.660. The Balaban J connectivity index is 2.56.